The summed E-state index contributed by atoms with van der Waals surface area (Å²) in [5.74, 6) is 1.52. The van der Waals surface area contributed by atoms with Gasteiger partial charge in [0.1, 0.15) is 24.7 Å². The number of hydrogen-bond donors (Lipinski definition) is 0. The lowest BCUT2D eigenvalue weighted by molar-refractivity contribution is 0.0356. The molecule has 0 spiro atoms. The maximum absolute atomic E-state index is 6.55. The van der Waals surface area contributed by atoms with Crippen LogP contribution in [0.25, 0.3) is 78.2 Å². The molecule has 12 heteroatoms. The Balaban J connectivity index is 0.649. The third-order valence-electron chi connectivity index (χ3n) is 13.3. The predicted molar refractivity (Wildman–Crippen MR) is 309 cm³/mol. The molecule has 0 saturated heterocycles. The summed E-state index contributed by atoms with van der Waals surface area (Å²) < 4.78 is 36.9. The van der Waals surface area contributed by atoms with Crippen molar-refractivity contribution in [2.45, 2.75) is 39.5 Å². The lowest BCUT2D eigenvalue weighted by Gasteiger charge is -2.20. The summed E-state index contributed by atoms with van der Waals surface area (Å²) in [6, 6.07) is 53.3. The first-order chi connectivity index (χ1) is 38.5. The van der Waals surface area contributed by atoms with E-state index in [-0.39, 0.29) is 0 Å². The number of aryl methyl sites for hydroxylation is 4. The Bertz CT molecular complexity index is 3270. The van der Waals surface area contributed by atoms with Crippen molar-refractivity contribution in [3.05, 3.63) is 205 Å². The Morgan fingerprint density at radius 3 is 1.06 bits per heavy atom. The average molecular weight is 1040 g/mol. The molecule has 0 aliphatic rings. The molecule has 6 heterocycles. The number of benzene rings is 4. The topological polar surface area (TPSA) is 133 Å². The molecule has 0 fully saturated rings. The molecule has 0 aliphatic heterocycles. The maximum atomic E-state index is 6.55. The SMILES string of the molecule is Cc1ccc(-c2cccc(-c3ccc(CCCOCCOCCOc4ccc5ccccc5c4-c4c(OCCOCCOCCCc5ccc(-c6cccc(-c7ccc(C)cn7)n6)nc5)ccc5ccccc45)cn3)n2)nc1. The van der Waals surface area contributed by atoms with Crippen molar-refractivity contribution in [2.24, 2.45) is 0 Å². The van der Waals surface area contributed by atoms with E-state index in [0.29, 0.717) is 66.1 Å². The van der Waals surface area contributed by atoms with E-state index >= 15 is 0 Å². The van der Waals surface area contributed by atoms with Gasteiger partial charge in [-0.1, -0.05) is 97.1 Å². The summed E-state index contributed by atoms with van der Waals surface area (Å²) in [6.45, 7) is 8.85. The van der Waals surface area contributed by atoms with E-state index in [4.69, 9.17) is 48.4 Å². The fourth-order valence-electron chi connectivity index (χ4n) is 9.21. The highest BCUT2D eigenvalue weighted by atomic mass is 16.5. The second kappa shape index (κ2) is 27.2. The first kappa shape index (κ1) is 53.2. The van der Waals surface area contributed by atoms with Crippen molar-refractivity contribution in [2.75, 3.05) is 66.1 Å². The number of nitrogens with zero attached hydrogens (tertiary/aromatic N) is 6. The first-order valence-electron chi connectivity index (χ1n) is 26.8. The van der Waals surface area contributed by atoms with E-state index in [9.17, 15) is 0 Å². The monoisotopic (exact) mass is 1040 g/mol. The molecule has 0 N–H and O–H groups in total. The highest BCUT2D eigenvalue weighted by Crippen LogP contribution is 2.45. The van der Waals surface area contributed by atoms with Crippen molar-refractivity contribution in [1.82, 2.24) is 29.9 Å². The molecule has 0 bridgehead atoms. The van der Waals surface area contributed by atoms with Crippen LogP contribution in [0.1, 0.15) is 35.1 Å². The van der Waals surface area contributed by atoms with Gasteiger partial charge in [0.15, 0.2) is 0 Å². The quantitative estimate of drug-likeness (QED) is 0.0454. The van der Waals surface area contributed by atoms with E-state index < -0.39 is 0 Å². The molecule has 0 aliphatic carbocycles. The van der Waals surface area contributed by atoms with Crippen molar-refractivity contribution in [3.8, 4) is 68.2 Å². The van der Waals surface area contributed by atoms with E-state index in [1.165, 1.54) is 0 Å². The zero-order chi connectivity index (χ0) is 53.1. The Morgan fingerprint density at radius 2 is 0.679 bits per heavy atom. The zero-order valence-electron chi connectivity index (χ0n) is 44.4. The minimum absolute atomic E-state index is 0.375. The van der Waals surface area contributed by atoms with Crippen LogP contribution in [0.2, 0.25) is 0 Å². The van der Waals surface area contributed by atoms with Crippen molar-refractivity contribution < 1.29 is 28.4 Å². The molecular weight excluding hydrogens is 973 g/mol. The molecule has 78 heavy (non-hydrogen) atoms. The Labute approximate surface area is 456 Å². The van der Waals surface area contributed by atoms with Gasteiger partial charge in [0.25, 0.3) is 0 Å². The molecule has 6 aromatic heterocycles. The van der Waals surface area contributed by atoms with Crippen LogP contribution in [-0.4, -0.2) is 96.0 Å². The summed E-state index contributed by atoms with van der Waals surface area (Å²) in [5, 5.41) is 4.37. The molecule has 394 valence electrons. The molecule has 0 saturated carbocycles. The van der Waals surface area contributed by atoms with E-state index in [0.717, 1.165) is 138 Å². The molecule has 0 amide bonds. The largest absolute Gasteiger partial charge is 0.491 e. The molecule has 12 nitrogen and oxygen atoms in total. The summed E-state index contributed by atoms with van der Waals surface area (Å²) in [5.41, 5.74) is 13.2. The highest BCUT2D eigenvalue weighted by molar-refractivity contribution is 6.09. The van der Waals surface area contributed by atoms with Gasteiger partial charge in [0, 0.05) is 49.1 Å². The third-order valence-corrected chi connectivity index (χ3v) is 13.3. The second-order valence-corrected chi connectivity index (χ2v) is 19.0. The molecule has 10 rings (SSSR count). The van der Waals surface area contributed by atoms with Gasteiger partial charge < -0.3 is 28.4 Å². The van der Waals surface area contributed by atoms with E-state index in [1.54, 1.807) is 0 Å². The van der Waals surface area contributed by atoms with Gasteiger partial charge in [-0.3, -0.25) is 19.9 Å². The lowest BCUT2D eigenvalue weighted by Crippen LogP contribution is -2.12. The highest BCUT2D eigenvalue weighted by Gasteiger charge is 2.19. The Morgan fingerprint density at radius 1 is 0.308 bits per heavy atom. The normalized spacial score (nSPS) is 11.4. The fraction of sp³-hybridized carbons (Fsp3) is 0.242. The van der Waals surface area contributed by atoms with Crippen LogP contribution in [0.4, 0.5) is 0 Å². The number of rotatable bonds is 27. The van der Waals surface area contributed by atoms with Gasteiger partial charge in [-0.05, 0) is 144 Å². The van der Waals surface area contributed by atoms with Gasteiger partial charge in [0.05, 0.1) is 85.2 Å². The van der Waals surface area contributed by atoms with Crippen LogP contribution in [0.15, 0.2) is 183 Å². The minimum Gasteiger partial charge on any atom is -0.491 e. The summed E-state index contributed by atoms with van der Waals surface area (Å²) in [6.07, 6.45) is 11.1. The molecule has 0 radical (unpaired) electrons. The maximum Gasteiger partial charge on any atom is 0.128 e. The van der Waals surface area contributed by atoms with Crippen molar-refractivity contribution >= 4 is 21.5 Å². The molecule has 0 atom stereocenters. The number of pyridine rings is 6. The van der Waals surface area contributed by atoms with Crippen LogP contribution in [0, 0.1) is 13.8 Å². The van der Waals surface area contributed by atoms with Crippen LogP contribution >= 0.6 is 0 Å². The standard InChI is InChI=1S/C66H64N6O6/c1-47-21-27-55(67-43-47)59-17-7-19-61(71-59)57-29-23-49(45-69-57)11-9-33-73-35-37-75-39-41-77-63-31-25-51-13-3-5-15-53(51)65(63)66-54-16-6-4-14-52(54)26-32-64(66)78-42-40-76-38-36-74-34-10-12-50-24-30-58(70-46-50)62-20-8-18-60(72-62)56-28-22-48(2)44-68-56/h3-8,13-32,43-46H,9-12,33-42H2,1-2H3. The van der Waals surface area contributed by atoms with Crippen molar-refractivity contribution in [1.29, 1.82) is 0 Å². The number of aromatic nitrogens is 6. The van der Waals surface area contributed by atoms with Crippen LogP contribution in [0.3, 0.4) is 0 Å². The zero-order valence-corrected chi connectivity index (χ0v) is 44.4. The van der Waals surface area contributed by atoms with Gasteiger partial charge in [0.2, 0.25) is 0 Å². The number of hydrogen-bond acceptors (Lipinski definition) is 12. The van der Waals surface area contributed by atoms with Crippen LogP contribution < -0.4 is 9.47 Å². The Hall–Kier alpha value is -8.26. The first-order valence-corrected chi connectivity index (χ1v) is 26.8. The van der Waals surface area contributed by atoms with Crippen LogP contribution in [-0.2, 0) is 31.8 Å². The molecule has 10 aromatic rings. The molecular formula is C66H64N6O6. The number of fused-ring (bicyclic) bond motifs is 2. The van der Waals surface area contributed by atoms with Crippen LogP contribution in [0.5, 0.6) is 11.5 Å². The second-order valence-electron chi connectivity index (χ2n) is 19.0. The van der Waals surface area contributed by atoms with E-state index in [2.05, 4.69) is 82.8 Å². The predicted octanol–water partition coefficient (Wildman–Crippen LogP) is 13.4. The lowest BCUT2D eigenvalue weighted by atomic mass is 9.92. The van der Waals surface area contributed by atoms with Gasteiger partial charge in [-0.15, -0.1) is 0 Å². The van der Waals surface area contributed by atoms with Gasteiger partial charge in [-0.25, -0.2) is 9.97 Å². The smallest absolute Gasteiger partial charge is 0.128 e. The molecule has 0 unspecified atom stereocenters. The van der Waals surface area contributed by atoms with Gasteiger partial charge in [-0.2, -0.15) is 0 Å². The number of ether oxygens (including phenoxy) is 6. The van der Waals surface area contributed by atoms with E-state index in [1.807, 2.05) is 124 Å². The average Bonchev–Trinajstić information content (AvgIpc) is 3.54. The summed E-state index contributed by atoms with van der Waals surface area (Å²) in [7, 11) is 0. The Kier molecular flexibility index (Phi) is 18.5. The fourth-order valence-corrected chi connectivity index (χ4v) is 9.21. The van der Waals surface area contributed by atoms with Gasteiger partial charge >= 0.3 is 0 Å². The summed E-state index contributed by atoms with van der Waals surface area (Å²) >= 11 is 0. The minimum atomic E-state index is 0.375. The third kappa shape index (κ3) is 14.2. The summed E-state index contributed by atoms with van der Waals surface area (Å²) in [4.78, 5) is 28.1. The molecule has 4 aromatic carbocycles. The van der Waals surface area contributed by atoms with Crippen molar-refractivity contribution in [3.63, 3.8) is 0 Å².